The summed E-state index contributed by atoms with van der Waals surface area (Å²) >= 11 is 0. The molecule has 1 aromatic rings. The number of hydrogen-bond donors (Lipinski definition) is 1. The van der Waals surface area contributed by atoms with E-state index >= 15 is 0 Å². The fourth-order valence-corrected chi connectivity index (χ4v) is 2.64. The molecule has 3 nitrogen and oxygen atoms in total. The Bertz CT molecular complexity index is 388. The number of aryl methyl sites for hydroxylation is 1. The molecule has 1 fully saturated rings. The van der Waals surface area contributed by atoms with Gasteiger partial charge in [-0.15, -0.1) is 0 Å². The third-order valence-corrected chi connectivity index (χ3v) is 3.93. The molecule has 112 valence electrons. The van der Waals surface area contributed by atoms with Crippen molar-refractivity contribution < 1.29 is 4.74 Å². The SMILES string of the molecule is CCCc1ccc(NCC2CN(C(C)C)CCO2)cc1. The minimum atomic E-state index is 0.293. The first-order valence-electron chi connectivity index (χ1n) is 7.87. The molecular formula is C17H28N2O. The number of nitrogens with zero attached hydrogens (tertiary/aromatic N) is 1. The van der Waals surface area contributed by atoms with Crippen LogP contribution in [0, 0.1) is 0 Å². The highest BCUT2D eigenvalue weighted by Gasteiger charge is 2.21. The van der Waals surface area contributed by atoms with Crippen LogP contribution in [-0.2, 0) is 11.2 Å². The van der Waals surface area contributed by atoms with E-state index in [4.69, 9.17) is 4.74 Å². The average Bonchev–Trinajstić information content (AvgIpc) is 2.47. The molecule has 3 heteroatoms. The Morgan fingerprint density at radius 1 is 1.30 bits per heavy atom. The molecule has 1 N–H and O–H groups in total. The zero-order chi connectivity index (χ0) is 14.4. The predicted molar refractivity (Wildman–Crippen MR) is 85.4 cm³/mol. The van der Waals surface area contributed by atoms with Gasteiger partial charge in [0, 0.05) is 31.4 Å². The lowest BCUT2D eigenvalue weighted by atomic mass is 10.1. The molecule has 0 amide bonds. The molecule has 1 heterocycles. The molecule has 0 saturated carbocycles. The van der Waals surface area contributed by atoms with Crippen LogP contribution in [0.5, 0.6) is 0 Å². The third-order valence-electron chi connectivity index (χ3n) is 3.93. The van der Waals surface area contributed by atoms with Crippen molar-refractivity contribution in [1.29, 1.82) is 0 Å². The van der Waals surface area contributed by atoms with Gasteiger partial charge in [0.15, 0.2) is 0 Å². The largest absolute Gasteiger partial charge is 0.382 e. The average molecular weight is 276 g/mol. The van der Waals surface area contributed by atoms with E-state index in [0.29, 0.717) is 12.1 Å². The van der Waals surface area contributed by atoms with Crippen molar-refractivity contribution in [1.82, 2.24) is 4.90 Å². The summed E-state index contributed by atoms with van der Waals surface area (Å²) in [4.78, 5) is 2.49. The van der Waals surface area contributed by atoms with E-state index in [9.17, 15) is 0 Å². The standard InChI is InChI=1S/C17H28N2O/c1-4-5-15-6-8-16(9-7-15)18-12-17-13-19(14(2)3)10-11-20-17/h6-9,14,17-18H,4-5,10-13H2,1-3H3. The van der Waals surface area contributed by atoms with E-state index in [0.717, 1.165) is 32.7 Å². The fraction of sp³-hybridized carbons (Fsp3) is 0.647. The molecule has 0 aromatic heterocycles. The van der Waals surface area contributed by atoms with Crippen LogP contribution < -0.4 is 5.32 Å². The molecule has 1 aliphatic rings. The molecule has 1 unspecified atom stereocenters. The van der Waals surface area contributed by atoms with Gasteiger partial charge >= 0.3 is 0 Å². The number of benzene rings is 1. The Morgan fingerprint density at radius 3 is 2.70 bits per heavy atom. The first-order valence-corrected chi connectivity index (χ1v) is 7.87. The lowest BCUT2D eigenvalue weighted by Gasteiger charge is -2.35. The van der Waals surface area contributed by atoms with Crippen LogP contribution in [0.2, 0.25) is 0 Å². The Labute approximate surface area is 123 Å². The van der Waals surface area contributed by atoms with E-state index in [1.54, 1.807) is 0 Å². The minimum absolute atomic E-state index is 0.293. The summed E-state index contributed by atoms with van der Waals surface area (Å²) in [5.41, 5.74) is 2.60. The molecule has 0 spiro atoms. The number of hydrogen-bond acceptors (Lipinski definition) is 3. The van der Waals surface area contributed by atoms with Crippen LogP contribution in [0.15, 0.2) is 24.3 Å². The van der Waals surface area contributed by atoms with Crippen molar-refractivity contribution in [3.05, 3.63) is 29.8 Å². The van der Waals surface area contributed by atoms with Gasteiger partial charge in [0.2, 0.25) is 0 Å². The Hall–Kier alpha value is -1.06. The zero-order valence-corrected chi connectivity index (χ0v) is 13.1. The van der Waals surface area contributed by atoms with Crippen LogP contribution in [0.25, 0.3) is 0 Å². The van der Waals surface area contributed by atoms with Crippen molar-refractivity contribution in [2.75, 3.05) is 31.6 Å². The molecule has 20 heavy (non-hydrogen) atoms. The summed E-state index contributed by atoms with van der Waals surface area (Å²) < 4.78 is 5.84. The molecule has 0 radical (unpaired) electrons. The number of anilines is 1. The Morgan fingerprint density at radius 2 is 2.05 bits per heavy atom. The third kappa shape index (κ3) is 4.50. The summed E-state index contributed by atoms with van der Waals surface area (Å²) in [7, 11) is 0. The maximum Gasteiger partial charge on any atom is 0.0874 e. The number of morpholine rings is 1. The van der Waals surface area contributed by atoms with Crippen LogP contribution >= 0.6 is 0 Å². The fourth-order valence-electron chi connectivity index (χ4n) is 2.64. The summed E-state index contributed by atoms with van der Waals surface area (Å²) in [6, 6.07) is 9.39. The van der Waals surface area contributed by atoms with Crippen LogP contribution in [-0.4, -0.2) is 43.3 Å². The molecule has 1 atom stereocenters. The maximum absolute atomic E-state index is 5.84. The van der Waals surface area contributed by atoms with Crippen molar-refractivity contribution in [2.24, 2.45) is 0 Å². The van der Waals surface area contributed by atoms with Gasteiger partial charge in [-0.05, 0) is 38.0 Å². The molecule has 1 aliphatic heterocycles. The lowest BCUT2D eigenvalue weighted by molar-refractivity contribution is -0.0315. The normalized spacial score (nSPS) is 20.3. The van der Waals surface area contributed by atoms with Crippen LogP contribution in [0.4, 0.5) is 5.69 Å². The second-order valence-electron chi connectivity index (χ2n) is 5.91. The number of ether oxygens (including phenoxy) is 1. The highest BCUT2D eigenvalue weighted by atomic mass is 16.5. The van der Waals surface area contributed by atoms with E-state index in [1.165, 1.54) is 17.7 Å². The van der Waals surface area contributed by atoms with E-state index in [2.05, 4.69) is 55.3 Å². The highest BCUT2D eigenvalue weighted by molar-refractivity contribution is 5.44. The van der Waals surface area contributed by atoms with Crippen molar-refractivity contribution in [3.63, 3.8) is 0 Å². The minimum Gasteiger partial charge on any atom is -0.382 e. The maximum atomic E-state index is 5.84. The van der Waals surface area contributed by atoms with Gasteiger partial charge < -0.3 is 10.1 Å². The molecule has 1 aromatic carbocycles. The first kappa shape index (κ1) is 15.3. The summed E-state index contributed by atoms with van der Waals surface area (Å²) in [6.45, 7) is 10.5. The second-order valence-corrected chi connectivity index (χ2v) is 5.91. The Kier molecular flexibility index (Phi) is 5.86. The van der Waals surface area contributed by atoms with Crippen molar-refractivity contribution in [3.8, 4) is 0 Å². The van der Waals surface area contributed by atoms with Gasteiger partial charge in [-0.2, -0.15) is 0 Å². The van der Waals surface area contributed by atoms with E-state index in [-0.39, 0.29) is 0 Å². The van der Waals surface area contributed by atoms with Gasteiger partial charge in [0.25, 0.3) is 0 Å². The number of nitrogens with one attached hydrogen (secondary N) is 1. The van der Waals surface area contributed by atoms with Gasteiger partial charge in [-0.3, -0.25) is 4.90 Å². The number of rotatable bonds is 6. The van der Waals surface area contributed by atoms with Crippen molar-refractivity contribution >= 4 is 5.69 Å². The summed E-state index contributed by atoms with van der Waals surface area (Å²) in [6.07, 6.45) is 2.66. The lowest BCUT2D eigenvalue weighted by Crippen LogP contribution is -2.48. The van der Waals surface area contributed by atoms with E-state index in [1.807, 2.05) is 0 Å². The quantitative estimate of drug-likeness (QED) is 0.864. The summed E-state index contributed by atoms with van der Waals surface area (Å²) in [5.74, 6) is 0. The smallest absolute Gasteiger partial charge is 0.0874 e. The molecule has 2 rings (SSSR count). The zero-order valence-electron chi connectivity index (χ0n) is 13.1. The molecular weight excluding hydrogens is 248 g/mol. The van der Waals surface area contributed by atoms with Gasteiger partial charge in [-0.25, -0.2) is 0 Å². The Balaban J connectivity index is 1.79. The van der Waals surface area contributed by atoms with Crippen molar-refractivity contribution in [2.45, 2.75) is 45.8 Å². The van der Waals surface area contributed by atoms with Gasteiger partial charge in [0.1, 0.15) is 0 Å². The highest BCUT2D eigenvalue weighted by Crippen LogP contribution is 2.13. The van der Waals surface area contributed by atoms with Gasteiger partial charge in [-0.1, -0.05) is 25.5 Å². The molecule has 1 saturated heterocycles. The first-order chi connectivity index (χ1) is 9.69. The monoisotopic (exact) mass is 276 g/mol. The molecule has 0 bridgehead atoms. The predicted octanol–water partition coefficient (Wildman–Crippen LogP) is 3.16. The summed E-state index contributed by atoms with van der Waals surface area (Å²) in [5, 5.41) is 3.49. The van der Waals surface area contributed by atoms with Crippen LogP contribution in [0.3, 0.4) is 0 Å². The van der Waals surface area contributed by atoms with Crippen LogP contribution in [0.1, 0.15) is 32.8 Å². The van der Waals surface area contributed by atoms with Gasteiger partial charge in [0.05, 0.1) is 12.7 Å². The second kappa shape index (κ2) is 7.65. The van der Waals surface area contributed by atoms with E-state index < -0.39 is 0 Å². The molecule has 0 aliphatic carbocycles. The topological polar surface area (TPSA) is 24.5 Å².